The number of nitrogens with zero attached hydrogens (tertiary/aromatic N) is 1. The number of carboxylic acid groups (broad SMARTS) is 1. The van der Waals surface area contributed by atoms with Crippen molar-refractivity contribution in [2.24, 2.45) is 0 Å². The van der Waals surface area contributed by atoms with Gasteiger partial charge in [-0.15, -0.1) is 0 Å². The van der Waals surface area contributed by atoms with Crippen LogP contribution in [0.15, 0.2) is 24.3 Å². The summed E-state index contributed by atoms with van der Waals surface area (Å²) in [6.07, 6.45) is 0. The maximum absolute atomic E-state index is 11.3. The molecule has 0 bridgehead atoms. The van der Waals surface area contributed by atoms with E-state index in [1.165, 1.54) is 4.68 Å². The smallest absolute Gasteiger partial charge is 0.338 e. The van der Waals surface area contributed by atoms with Gasteiger partial charge in [0.15, 0.2) is 0 Å². The summed E-state index contributed by atoms with van der Waals surface area (Å²) in [6.45, 7) is 3.87. The lowest BCUT2D eigenvalue weighted by Gasteiger charge is -2.08. The van der Waals surface area contributed by atoms with Crippen molar-refractivity contribution in [3.8, 4) is 0 Å². The Hall–Kier alpha value is -1.97. The van der Waals surface area contributed by atoms with Crippen LogP contribution in [-0.4, -0.2) is 15.8 Å². The van der Waals surface area contributed by atoms with Crippen molar-refractivity contribution < 1.29 is 9.90 Å². The molecule has 0 aliphatic carbocycles. The molecule has 2 aromatic rings. The highest BCUT2D eigenvalue weighted by Gasteiger charge is 2.22. The van der Waals surface area contributed by atoms with Crippen LogP contribution in [0.4, 0.5) is 0 Å². The number of aromatic carboxylic acids is 1. The molecular weight excluding hydrogens is 204 g/mol. The maximum Gasteiger partial charge on any atom is 0.338 e. The van der Waals surface area contributed by atoms with E-state index in [-0.39, 0.29) is 5.92 Å². The summed E-state index contributed by atoms with van der Waals surface area (Å²) in [6, 6.07) is 7.28. The van der Waals surface area contributed by atoms with Crippen LogP contribution in [0, 0.1) is 0 Å². The van der Waals surface area contributed by atoms with Gasteiger partial charge >= 0.3 is 5.97 Å². The number of nitrogens with two attached hydrogens (primary N) is 1. The molecule has 0 saturated carbocycles. The first-order valence-electron chi connectivity index (χ1n) is 5.15. The Morgan fingerprint density at radius 2 is 2.00 bits per heavy atom. The highest BCUT2D eigenvalue weighted by Crippen LogP contribution is 2.29. The third-order valence-electron chi connectivity index (χ3n) is 2.71. The SMILES string of the molecule is CC(C)c1c(C(=O)O)c2ccccc2n1N. The molecule has 16 heavy (non-hydrogen) atoms. The van der Waals surface area contributed by atoms with Gasteiger partial charge in [-0.3, -0.25) is 4.68 Å². The Kier molecular flexibility index (Phi) is 2.34. The molecule has 84 valence electrons. The van der Waals surface area contributed by atoms with E-state index in [0.29, 0.717) is 16.6 Å². The van der Waals surface area contributed by atoms with Crippen molar-refractivity contribution in [3.05, 3.63) is 35.5 Å². The van der Waals surface area contributed by atoms with Crippen LogP contribution < -0.4 is 5.84 Å². The van der Waals surface area contributed by atoms with Gasteiger partial charge in [-0.1, -0.05) is 32.0 Å². The fourth-order valence-electron chi connectivity index (χ4n) is 2.07. The van der Waals surface area contributed by atoms with Gasteiger partial charge in [0.25, 0.3) is 0 Å². The Morgan fingerprint density at radius 3 is 2.56 bits per heavy atom. The third-order valence-corrected chi connectivity index (χ3v) is 2.71. The molecule has 0 radical (unpaired) electrons. The number of rotatable bonds is 2. The van der Waals surface area contributed by atoms with E-state index in [4.69, 9.17) is 5.84 Å². The van der Waals surface area contributed by atoms with Crippen molar-refractivity contribution in [2.75, 3.05) is 5.84 Å². The van der Waals surface area contributed by atoms with E-state index in [2.05, 4.69) is 0 Å². The van der Waals surface area contributed by atoms with E-state index < -0.39 is 5.97 Å². The summed E-state index contributed by atoms with van der Waals surface area (Å²) < 4.78 is 1.48. The second-order valence-corrected chi connectivity index (χ2v) is 4.11. The first kappa shape index (κ1) is 10.5. The molecule has 1 aromatic carbocycles. The zero-order chi connectivity index (χ0) is 11.9. The largest absolute Gasteiger partial charge is 0.478 e. The standard InChI is InChI=1S/C12H14N2O2/c1-7(2)11-10(12(15)16)8-5-3-4-6-9(8)14(11)13/h3-7H,13H2,1-2H3,(H,15,16). The maximum atomic E-state index is 11.3. The summed E-state index contributed by atoms with van der Waals surface area (Å²) in [5.74, 6) is 5.08. The zero-order valence-corrected chi connectivity index (χ0v) is 9.27. The van der Waals surface area contributed by atoms with Gasteiger partial charge < -0.3 is 10.9 Å². The Balaban J connectivity index is 2.92. The fourth-order valence-corrected chi connectivity index (χ4v) is 2.07. The van der Waals surface area contributed by atoms with Crippen LogP contribution in [0.2, 0.25) is 0 Å². The Morgan fingerprint density at radius 1 is 1.38 bits per heavy atom. The first-order chi connectivity index (χ1) is 7.54. The van der Waals surface area contributed by atoms with E-state index in [9.17, 15) is 9.90 Å². The molecule has 1 heterocycles. The fraction of sp³-hybridized carbons (Fsp3) is 0.250. The minimum Gasteiger partial charge on any atom is -0.478 e. The second kappa shape index (κ2) is 3.56. The molecular formula is C12H14N2O2. The lowest BCUT2D eigenvalue weighted by Crippen LogP contribution is -2.15. The number of para-hydroxylation sites is 1. The molecule has 4 heteroatoms. The second-order valence-electron chi connectivity index (χ2n) is 4.11. The predicted octanol–water partition coefficient (Wildman–Crippen LogP) is 2.18. The van der Waals surface area contributed by atoms with Crippen LogP contribution in [0.1, 0.15) is 35.8 Å². The molecule has 0 spiro atoms. The average Bonchev–Trinajstić information content (AvgIpc) is 2.53. The molecule has 0 unspecified atom stereocenters. The molecule has 0 aliphatic rings. The van der Waals surface area contributed by atoms with Crippen LogP contribution >= 0.6 is 0 Å². The van der Waals surface area contributed by atoms with E-state index in [0.717, 1.165) is 5.52 Å². The number of nitrogen functional groups attached to an aromatic ring is 1. The lowest BCUT2D eigenvalue weighted by atomic mass is 10.0. The van der Waals surface area contributed by atoms with Crippen LogP contribution in [-0.2, 0) is 0 Å². The minimum atomic E-state index is -0.927. The number of benzene rings is 1. The van der Waals surface area contributed by atoms with Crippen LogP contribution in [0.5, 0.6) is 0 Å². The van der Waals surface area contributed by atoms with Crippen LogP contribution in [0.25, 0.3) is 10.9 Å². The van der Waals surface area contributed by atoms with Gasteiger partial charge in [0.1, 0.15) is 0 Å². The van der Waals surface area contributed by atoms with Crippen LogP contribution in [0.3, 0.4) is 0 Å². The van der Waals surface area contributed by atoms with Crippen molar-refractivity contribution in [3.63, 3.8) is 0 Å². The first-order valence-corrected chi connectivity index (χ1v) is 5.15. The van der Waals surface area contributed by atoms with Crippen molar-refractivity contribution in [2.45, 2.75) is 19.8 Å². The quantitative estimate of drug-likeness (QED) is 0.759. The highest BCUT2D eigenvalue weighted by molar-refractivity contribution is 6.05. The number of hydrogen-bond acceptors (Lipinski definition) is 2. The summed E-state index contributed by atoms with van der Waals surface area (Å²) in [5.41, 5.74) is 1.73. The van der Waals surface area contributed by atoms with Crippen molar-refractivity contribution in [1.82, 2.24) is 4.68 Å². The normalized spacial score (nSPS) is 11.2. The molecule has 0 atom stereocenters. The summed E-state index contributed by atoms with van der Waals surface area (Å²) in [7, 11) is 0. The molecule has 0 amide bonds. The van der Waals surface area contributed by atoms with Gasteiger partial charge in [0.05, 0.1) is 16.8 Å². The van der Waals surface area contributed by atoms with E-state index in [1.807, 2.05) is 32.0 Å². The van der Waals surface area contributed by atoms with Gasteiger partial charge in [-0.05, 0) is 12.0 Å². The number of carboxylic acids is 1. The van der Waals surface area contributed by atoms with Gasteiger partial charge in [-0.25, -0.2) is 4.79 Å². The number of aromatic nitrogens is 1. The highest BCUT2D eigenvalue weighted by atomic mass is 16.4. The molecule has 0 saturated heterocycles. The molecule has 3 N–H and O–H groups in total. The lowest BCUT2D eigenvalue weighted by molar-refractivity contribution is 0.0697. The summed E-state index contributed by atoms with van der Waals surface area (Å²) in [5, 5.41) is 9.95. The zero-order valence-electron chi connectivity index (χ0n) is 9.27. The van der Waals surface area contributed by atoms with Gasteiger partial charge in [-0.2, -0.15) is 0 Å². The summed E-state index contributed by atoms with van der Waals surface area (Å²) >= 11 is 0. The minimum absolute atomic E-state index is 0.0727. The monoisotopic (exact) mass is 218 g/mol. The predicted molar refractivity (Wildman–Crippen MR) is 63.1 cm³/mol. The average molecular weight is 218 g/mol. The van der Waals surface area contributed by atoms with Gasteiger partial charge in [0.2, 0.25) is 0 Å². The molecule has 2 rings (SSSR count). The van der Waals surface area contributed by atoms with Crippen molar-refractivity contribution >= 4 is 16.9 Å². The molecule has 1 aromatic heterocycles. The summed E-state index contributed by atoms with van der Waals surface area (Å²) in [4.78, 5) is 11.3. The molecule has 0 aliphatic heterocycles. The Bertz CT molecular complexity index is 555. The molecule has 4 nitrogen and oxygen atoms in total. The molecule has 0 fully saturated rings. The number of fused-ring (bicyclic) bond motifs is 1. The van der Waals surface area contributed by atoms with E-state index >= 15 is 0 Å². The number of hydrogen-bond donors (Lipinski definition) is 2. The van der Waals surface area contributed by atoms with E-state index in [1.54, 1.807) is 6.07 Å². The van der Waals surface area contributed by atoms with Gasteiger partial charge in [0, 0.05) is 5.39 Å². The Labute approximate surface area is 93.3 Å². The topological polar surface area (TPSA) is 68.2 Å². The van der Waals surface area contributed by atoms with Crippen molar-refractivity contribution in [1.29, 1.82) is 0 Å². The third kappa shape index (κ3) is 1.34. The number of carbonyl (C=O) groups is 1.